The standard InChI is InChI=1S/C28H38FN3O3S/c1-27(2,3)36(34)32-28(15-14-19-10-11-19,20-8-6-5-7-9-20)21-12-13-23(29)24(16-21)31-26(33)25-17-22(35-4)18-30-25/h5-9,12-13,16,19,22,25,30,32H,10-11,14-15,17-18H2,1-4H3,(H,31,33)/t22-,25-,28?,36?/m1/s1. The van der Waals surface area contributed by atoms with Crippen LogP contribution in [0.3, 0.4) is 0 Å². The van der Waals surface area contributed by atoms with E-state index in [0.29, 0.717) is 25.3 Å². The second kappa shape index (κ2) is 11.2. The van der Waals surface area contributed by atoms with E-state index >= 15 is 0 Å². The van der Waals surface area contributed by atoms with Gasteiger partial charge in [-0.2, -0.15) is 0 Å². The van der Waals surface area contributed by atoms with E-state index in [1.807, 2.05) is 51.1 Å². The second-order valence-corrected chi connectivity index (χ2v) is 12.9. The molecule has 2 aromatic rings. The van der Waals surface area contributed by atoms with Crippen LogP contribution in [0.5, 0.6) is 0 Å². The van der Waals surface area contributed by atoms with Crippen molar-refractivity contribution >= 4 is 23.0 Å². The summed E-state index contributed by atoms with van der Waals surface area (Å²) in [6.45, 7) is 6.39. The van der Waals surface area contributed by atoms with Gasteiger partial charge in [0.15, 0.2) is 0 Å². The van der Waals surface area contributed by atoms with Crippen molar-refractivity contribution in [3.05, 3.63) is 65.5 Å². The number of carbonyl (C=O) groups is 1. The van der Waals surface area contributed by atoms with Gasteiger partial charge in [0.25, 0.3) is 0 Å². The summed E-state index contributed by atoms with van der Waals surface area (Å²) in [5.74, 6) is -0.144. The van der Waals surface area contributed by atoms with Crippen LogP contribution < -0.4 is 15.4 Å². The maximum Gasteiger partial charge on any atom is 0.241 e. The number of benzene rings is 2. The average Bonchev–Trinajstić information content (AvgIpc) is 3.56. The van der Waals surface area contributed by atoms with Crippen molar-refractivity contribution in [3.8, 4) is 0 Å². The van der Waals surface area contributed by atoms with E-state index in [1.54, 1.807) is 19.2 Å². The van der Waals surface area contributed by atoms with Crippen molar-refractivity contribution in [2.45, 2.75) is 75.3 Å². The van der Waals surface area contributed by atoms with E-state index in [1.165, 1.54) is 18.9 Å². The van der Waals surface area contributed by atoms with Crippen molar-refractivity contribution < 1.29 is 18.5 Å². The number of hydrogen-bond acceptors (Lipinski definition) is 5. The number of halogens is 1. The number of anilines is 1. The van der Waals surface area contributed by atoms with Crippen molar-refractivity contribution in [2.24, 2.45) is 5.92 Å². The molecule has 2 aliphatic rings. The van der Waals surface area contributed by atoms with Crippen molar-refractivity contribution in [1.29, 1.82) is 0 Å². The molecule has 0 radical (unpaired) electrons. The molecule has 0 aromatic heterocycles. The molecule has 0 bridgehead atoms. The Balaban J connectivity index is 1.71. The highest BCUT2D eigenvalue weighted by Gasteiger charge is 2.43. The van der Waals surface area contributed by atoms with Crippen LogP contribution >= 0.6 is 0 Å². The largest absolute Gasteiger partial charge is 0.598 e. The number of nitrogens with one attached hydrogen (secondary N) is 3. The number of ether oxygens (including phenoxy) is 1. The Kier molecular flexibility index (Phi) is 8.42. The summed E-state index contributed by atoms with van der Waals surface area (Å²) in [6, 6.07) is 14.3. The van der Waals surface area contributed by atoms with Crippen LogP contribution in [0.2, 0.25) is 0 Å². The van der Waals surface area contributed by atoms with Gasteiger partial charge in [0.2, 0.25) is 5.91 Å². The molecule has 2 aromatic carbocycles. The van der Waals surface area contributed by atoms with E-state index in [9.17, 15) is 13.7 Å². The number of amides is 1. The van der Waals surface area contributed by atoms with Crippen LogP contribution in [0.25, 0.3) is 0 Å². The van der Waals surface area contributed by atoms with Crippen molar-refractivity contribution in [2.75, 3.05) is 19.0 Å². The summed E-state index contributed by atoms with van der Waals surface area (Å²) in [4.78, 5) is 12.9. The molecule has 3 N–H and O–H groups in total. The van der Waals surface area contributed by atoms with E-state index in [4.69, 9.17) is 4.74 Å². The summed E-state index contributed by atoms with van der Waals surface area (Å²) >= 11 is -1.39. The summed E-state index contributed by atoms with van der Waals surface area (Å²) in [5.41, 5.74) is 1.06. The molecule has 4 atom stereocenters. The number of methoxy groups -OCH3 is 1. The zero-order valence-electron chi connectivity index (χ0n) is 21.6. The molecule has 2 unspecified atom stereocenters. The minimum Gasteiger partial charge on any atom is -0.598 e. The molecule has 6 nitrogen and oxygen atoms in total. The molecule has 1 heterocycles. The lowest BCUT2D eigenvalue weighted by Gasteiger charge is -2.39. The first-order chi connectivity index (χ1) is 17.1. The third-order valence-corrected chi connectivity index (χ3v) is 8.82. The highest BCUT2D eigenvalue weighted by atomic mass is 32.2. The molecule has 8 heteroatoms. The fourth-order valence-corrected chi connectivity index (χ4v) is 5.63. The Morgan fingerprint density at radius 1 is 1.17 bits per heavy atom. The van der Waals surface area contributed by atoms with Gasteiger partial charge in [0.05, 0.1) is 17.8 Å². The molecule has 196 valence electrons. The quantitative estimate of drug-likeness (QED) is 0.402. The van der Waals surface area contributed by atoms with Gasteiger partial charge in [-0.25, -0.2) is 4.39 Å². The van der Waals surface area contributed by atoms with Crippen molar-refractivity contribution in [3.63, 3.8) is 0 Å². The molecule has 4 rings (SSSR count). The molecule has 0 spiro atoms. The van der Waals surface area contributed by atoms with Crippen LogP contribution in [-0.2, 0) is 26.4 Å². The summed E-state index contributed by atoms with van der Waals surface area (Å²) in [7, 11) is 1.62. The molecule has 1 saturated heterocycles. The molecule has 36 heavy (non-hydrogen) atoms. The highest BCUT2D eigenvalue weighted by Crippen LogP contribution is 2.43. The number of carbonyl (C=O) groups excluding carboxylic acids is 1. The smallest absolute Gasteiger partial charge is 0.241 e. The fourth-order valence-electron chi connectivity index (χ4n) is 4.67. The lowest BCUT2D eigenvalue weighted by atomic mass is 9.79. The third-order valence-electron chi connectivity index (χ3n) is 7.17. The predicted octanol–water partition coefficient (Wildman–Crippen LogP) is 4.63. The van der Waals surface area contributed by atoms with Crippen LogP contribution in [-0.4, -0.2) is 41.0 Å². The van der Waals surface area contributed by atoms with E-state index in [2.05, 4.69) is 15.4 Å². The molecule has 2 fully saturated rings. The second-order valence-electron chi connectivity index (χ2n) is 11.0. The van der Waals surface area contributed by atoms with Gasteiger partial charge in [0, 0.05) is 25.0 Å². The Hall–Kier alpha value is -1.97. The van der Waals surface area contributed by atoms with Gasteiger partial charge in [-0.1, -0.05) is 49.2 Å². The van der Waals surface area contributed by atoms with Gasteiger partial charge >= 0.3 is 0 Å². The van der Waals surface area contributed by atoms with Gasteiger partial charge < -0.3 is 19.9 Å². The van der Waals surface area contributed by atoms with E-state index in [0.717, 1.165) is 17.5 Å². The minimum absolute atomic E-state index is 0.0401. The SMILES string of the molecule is CO[C@H]1CN[C@@H](C(=O)Nc2cc(C(CCC3CC3)(N[S+]([O-])C(C)(C)C)c3ccccc3)ccc2F)C1. The molecular weight excluding hydrogens is 477 g/mol. The predicted molar refractivity (Wildman–Crippen MR) is 142 cm³/mol. The average molecular weight is 516 g/mol. The zero-order valence-corrected chi connectivity index (χ0v) is 22.4. The van der Waals surface area contributed by atoms with E-state index in [-0.39, 0.29) is 17.7 Å². The number of rotatable bonds is 10. The van der Waals surface area contributed by atoms with Crippen LogP contribution in [0, 0.1) is 11.7 Å². The first kappa shape index (κ1) is 27.1. The van der Waals surface area contributed by atoms with Crippen LogP contribution in [0.15, 0.2) is 48.5 Å². The summed E-state index contributed by atoms with van der Waals surface area (Å²) < 4.78 is 36.8. The molecular formula is C28H38FN3O3S. The van der Waals surface area contributed by atoms with Gasteiger partial charge in [-0.05, 0) is 69.2 Å². The summed E-state index contributed by atoms with van der Waals surface area (Å²) in [5, 5.41) is 5.92. The molecule has 1 aliphatic carbocycles. The Labute approximate surface area is 217 Å². The van der Waals surface area contributed by atoms with Gasteiger partial charge in [-0.15, -0.1) is 4.72 Å². The number of hydrogen-bond donors (Lipinski definition) is 3. The monoisotopic (exact) mass is 515 g/mol. The van der Waals surface area contributed by atoms with Crippen LogP contribution in [0.4, 0.5) is 10.1 Å². The first-order valence-electron chi connectivity index (χ1n) is 12.7. The first-order valence-corrected chi connectivity index (χ1v) is 13.9. The lowest BCUT2D eigenvalue weighted by Crippen LogP contribution is -2.52. The summed E-state index contributed by atoms with van der Waals surface area (Å²) in [6.07, 6.45) is 4.57. The van der Waals surface area contributed by atoms with Gasteiger partial charge in [0.1, 0.15) is 16.1 Å². The normalized spacial score (nSPS) is 22.7. The molecule has 1 amide bonds. The zero-order chi connectivity index (χ0) is 25.9. The minimum atomic E-state index is -1.39. The van der Waals surface area contributed by atoms with Gasteiger partial charge in [-0.3, -0.25) is 4.79 Å². The molecule has 1 aliphatic heterocycles. The maximum atomic E-state index is 15.0. The Bertz CT molecular complexity index is 1040. The topological polar surface area (TPSA) is 85.5 Å². The van der Waals surface area contributed by atoms with Crippen molar-refractivity contribution in [1.82, 2.24) is 10.0 Å². The third kappa shape index (κ3) is 6.29. The maximum absolute atomic E-state index is 15.0. The fraction of sp³-hybridized carbons (Fsp3) is 0.536. The lowest BCUT2D eigenvalue weighted by molar-refractivity contribution is -0.118. The molecule has 1 saturated carbocycles. The Morgan fingerprint density at radius 2 is 1.89 bits per heavy atom. The highest BCUT2D eigenvalue weighted by molar-refractivity contribution is 7.90. The van der Waals surface area contributed by atoms with Crippen LogP contribution in [0.1, 0.15) is 64.0 Å². The Morgan fingerprint density at radius 3 is 2.50 bits per heavy atom. The van der Waals surface area contributed by atoms with E-state index < -0.39 is 33.5 Å².